The fourth-order valence-corrected chi connectivity index (χ4v) is 4.53. The van der Waals surface area contributed by atoms with Crippen LogP contribution in [0.3, 0.4) is 0 Å². The molecule has 0 bridgehead atoms. The molecule has 2 aromatic heterocycles. The van der Waals surface area contributed by atoms with Crippen LogP contribution >= 0.6 is 11.3 Å². The summed E-state index contributed by atoms with van der Waals surface area (Å²) in [5.41, 5.74) is 1.90. The summed E-state index contributed by atoms with van der Waals surface area (Å²) in [4.78, 5) is 14.2. The van der Waals surface area contributed by atoms with Gasteiger partial charge < -0.3 is 5.32 Å². The van der Waals surface area contributed by atoms with Crippen molar-refractivity contribution in [3.05, 3.63) is 53.2 Å². The van der Waals surface area contributed by atoms with Crippen molar-refractivity contribution in [2.45, 2.75) is 25.4 Å². The van der Waals surface area contributed by atoms with E-state index in [1.165, 1.54) is 15.6 Å². The van der Waals surface area contributed by atoms with E-state index in [-0.39, 0.29) is 5.91 Å². The maximum absolute atomic E-state index is 11.7. The predicted octanol–water partition coefficient (Wildman–Crippen LogP) is 3.29. The van der Waals surface area contributed by atoms with Gasteiger partial charge >= 0.3 is 0 Å². The van der Waals surface area contributed by atoms with Crippen molar-refractivity contribution in [1.29, 1.82) is 0 Å². The highest BCUT2D eigenvalue weighted by molar-refractivity contribution is 7.17. The number of fused-ring (bicyclic) bond motifs is 1. The van der Waals surface area contributed by atoms with Crippen LogP contribution in [-0.2, 0) is 6.54 Å². The van der Waals surface area contributed by atoms with Gasteiger partial charge in [-0.2, -0.15) is 5.10 Å². The molecule has 130 valence electrons. The summed E-state index contributed by atoms with van der Waals surface area (Å²) < 4.78 is 3.32. The zero-order valence-electron chi connectivity index (χ0n) is 14.3. The minimum Gasteiger partial charge on any atom is -0.354 e. The van der Waals surface area contributed by atoms with Gasteiger partial charge in [0.1, 0.15) is 5.69 Å². The van der Waals surface area contributed by atoms with Crippen molar-refractivity contribution in [3.8, 4) is 0 Å². The molecule has 3 aromatic rings. The first kappa shape index (κ1) is 16.3. The van der Waals surface area contributed by atoms with E-state index in [0.717, 1.165) is 32.5 Å². The summed E-state index contributed by atoms with van der Waals surface area (Å²) in [7, 11) is 1.63. The lowest BCUT2D eigenvalue weighted by Crippen LogP contribution is -2.36. The van der Waals surface area contributed by atoms with Crippen LogP contribution < -0.4 is 5.32 Å². The molecule has 25 heavy (non-hydrogen) atoms. The number of aromatic nitrogens is 2. The normalized spacial score (nSPS) is 18.5. The molecule has 0 unspecified atom stereocenters. The number of nitrogens with one attached hydrogen (secondary N) is 1. The lowest BCUT2D eigenvalue weighted by atomic mass is 10.0. The average Bonchev–Trinajstić information content (AvgIpc) is 3.29. The maximum Gasteiger partial charge on any atom is 0.271 e. The summed E-state index contributed by atoms with van der Waals surface area (Å²) >= 11 is 1.82. The molecular formula is C19H22N4OS. The second kappa shape index (κ2) is 6.98. The maximum atomic E-state index is 11.7. The summed E-state index contributed by atoms with van der Waals surface area (Å²) in [5, 5.41) is 10.7. The fraction of sp³-hybridized carbons (Fsp3) is 0.368. The molecule has 1 aromatic carbocycles. The topological polar surface area (TPSA) is 50.2 Å². The first-order valence-corrected chi connectivity index (χ1v) is 9.57. The highest BCUT2D eigenvalue weighted by Gasteiger charge is 2.23. The van der Waals surface area contributed by atoms with Gasteiger partial charge in [-0.15, -0.1) is 11.3 Å². The molecule has 1 amide bonds. The zero-order valence-corrected chi connectivity index (χ0v) is 15.1. The molecule has 1 aliphatic heterocycles. The first-order valence-electron chi connectivity index (χ1n) is 8.69. The summed E-state index contributed by atoms with van der Waals surface area (Å²) in [6.45, 7) is 3.06. The molecule has 1 fully saturated rings. The van der Waals surface area contributed by atoms with E-state index in [1.54, 1.807) is 13.1 Å². The van der Waals surface area contributed by atoms with Gasteiger partial charge in [-0.1, -0.05) is 18.2 Å². The van der Waals surface area contributed by atoms with Gasteiger partial charge in [0.25, 0.3) is 5.91 Å². The molecule has 0 saturated carbocycles. The zero-order chi connectivity index (χ0) is 17.2. The standard InChI is InChI=1S/C19H22N4OS/c1-20-19(24)17-8-10-23(21-17)15-5-4-9-22(12-15)11-14-13-25-18-7-3-2-6-16(14)18/h2-3,6-8,10,13,15H,4-5,9,11-12H2,1H3,(H,20,24)/t15-/m1/s1. The van der Waals surface area contributed by atoms with Crippen LogP contribution in [-0.4, -0.2) is 40.7 Å². The number of thiophene rings is 1. The molecule has 1 aliphatic rings. The first-order chi connectivity index (χ1) is 12.2. The number of nitrogens with zero attached hydrogens (tertiary/aromatic N) is 3. The van der Waals surface area contributed by atoms with E-state index < -0.39 is 0 Å². The quantitative estimate of drug-likeness (QED) is 0.782. The lowest BCUT2D eigenvalue weighted by molar-refractivity contribution is 0.0955. The van der Waals surface area contributed by atoms with Gasteiger partial charge in [-0.3, -0.25) is 14.4 Å². The number of likely N-dealkylation sites (tertiary alicyclic amines) is 1. The fourth-order valence-electron chi connectivity index (χ4n) is 3.58. The van der Waals surface area contributed by atoms with Crippen LogP contribution in [0.2, 0.25) is 0 Å². The Balaban J connectivity index is 1.47. The Bertz CT molecular complexity index is 884. The Labute approximate surface area is 151 Å². The number of rotatable bonds is 4. The third kappa shape index (κ3) is 3.32. The Morgan fingerprint density at radius 1 is 1.36 bits per heavy atom. The van der Waals surface area contributed by atoms with E-state index in [9.17, 15) is 4.79 Å². The minimum absolute atomic E-state index is 0.129. The van der Waals surface area contributed by atoms with Crippen LogP contribution in [0.4, 0.5) is 0 Å². The molecule has 1 saturated heterocycles. The number of hydrogen-bond donors (Lipinski definition) is 1. The molecule has 0 spiro atoms. The second-order valence-corrected chi connectivity index (χ2v) is 7.46. The van der Waals surface area contributed by atoms with Crippen LogP contribution in [0, 0.1) is 0 Å². The van der Waals surface area contributed by atoms with Gasteiger partial charge in [-0.05, 0) is 47.8 Å². The van der Waals surface area contributed by atoms with E-state index in [2.05, 4.69) is 45.0 Å². The van der Waals surface area contributed by atoms with Crippen LogP contribution in [0.15, 0.2) is 41.9 Å². The molecule has 6 heteroatoms. The predicted molar refractivity (Wildman–Crippen MR) is 101 cm³/mol. The lowest BCUT2D eigenvalue weighted by Gasteiger charge is -2.32. The number of carbonyl (C=O) groups excluding carboxylic acids is 1. The van der Waals surface area contributed by atoms with Crippen molar-refractivity contribution in [1.82, 2.24) is 20.0 Å². The molecule has 4 rings (SSSR count). The van der Waals surface area contributed by atoms with E-state index in [1.807, 2.05) is 22.2 Å². The second-order valence-electron chi connectivity index (χ2n) is 6.55. The van der Waals surface area contributed by atoms with Crippen molar-refractivity contribution >= 4 is 27.3 Å². The Morgan fingerprint density at radius 3 is 3.12 bits per heavy atom. The summed E-state index contributed by atoms with van der Waals surface area (Å²) in [6.07, 6.45) is 4.19. The van der Waals surface area contributed by atoms with Crippen molar-refractivity contribution in [2.75, 3.05) is 20.1 Å². The molecule has 3 heterocycles. The van der Waals surface area contributed by atoms with Crippen LogP contribution in [0.25, 0.3) is 10.1 Å². The Hall–Kier alpha value is -2.18. The largest absolute Gasteiger partial charge is 0.354 e. The third-order valence-corrected chi connectivity index (χ3v) is 5.89. The molecular weight excluding hydrogens is 332 g/mol. The van der Waals surface area contributed by atoms with E-state index >= 15 is 0 Å². The van der Waals surface area contributed by atoms with Crippen molar-refractivity contribution in [3.63, 3.8) is 0 Å². The molecule has 1 N–H and O–H groups in total. The molecule has 1 atom stereocenters. The summed E-state index contributed by atoms with van der Waals surface area (Å²) in [5.74, 6) is -0.129. The van der Waals surface area contributed by atoms with E-state index in [4.69, 9.17) is 0 Å². The number of benzene rings is 1. The van der Waals surface area contributed by atoms with Gasteiger partial charge in [-0.25, -0.2) is 0 Å². The SMILES string of the molecule is CNC(=O)c1ccn([C@@H]2CCCN(Cc3csc4ccccc34)C2)n1. The minimum atomic E-state index is -0.129. The summed E-state index contributed by atoms with van der Waals surface area (Å²) in [6, 6.07) is 10.7. The molecule has 0 aliphatic carbocycles. The van der Waals surface area contributed by atoms with Gasteiger partial charge in [0.05, 0.1) is 6.04 Å². The number of carbonyl (C=O) groups is 1. The van der Waals surface area contributed by atoms with E-state index in [0.29, 0.717) is 11.7 Å². The monoisotopic (exact) mass is 354 g/mol. The molecule has 0 radical (unpaired) electrons. The number of piperidine rings is 1. The average molecular weight is 354 g/mol. The smallest absolute Gasteiger partial charge is 0.271 e. The number of amides is 1. The van der Waals surface area contributed by atoms with Gasteiger partial charge in [0.15, 0.2) is 0 Å². The van der Waals surface area contributed by atoms with Gasteiger partial charge in [0, 0.05) is 31.0 Å². The third-order valence-electron chi connectivity index (χ3n) is 4.88. The Kier molecular flexibility index (Phi) is 4.55. The molecule has 5 nitrogen and oxygen atoms in total. The van der Waals surface area contributed by atoms with Crippen LogP contribution in [0.5, 0.6) is 0 Å². The van der Waals surface area contributed by atoms with Crippen molar-refractivity contribution < 1.29 is 4.79 Å². The Morgan fingerprint density at radius 2 is 2.24 bits per heavy atom. The highest BCUT2D eigenvalue weighted by atomic mass is 32.1. The highest BCUT2D eigenvalue weighted by Crippen LogP contribution is 2.29. The van der Waals surface area contributed by atoms with Crippen LogP contribution in [0.1, 0.15) is 34.9 Å². The van der Waals surface area contributed by atoms with Crippen molar-refractivity contribution in [2.24, 2.45) is 0 Å². The van der Waals surface area contributed by atoms with Gasteiger partial charge in [0.2, 0.25) is 0 Å². The number of hydrogen-bond acceptors (Lipinski definition) is 4.